The summed E-state index contributed by atoms with van der Waals surface area (Å²) >= 11 is 8.70. The standard InChI is InChI=1S/C7H7Br2NS/c8-4-2-6(11-7(4)9)3-1-5(3)10/h2-3,5H,1,10H2. The van der Waals surface area contributed by atoms with Crippen LogP contribution in [0.25, 0.3) is 0 Å². The van der Waals surface area contributed by atoms with Crippen LogP contribution in [-0.4, -0.2) is 6.04 Å². The molecule has 2 rings (SSSR count). The van der Waals surface area contributed by atoms with Crippen molar-refractivity contribution in [3.8, 4) is 0 Å². The largest absolute Gasteiger partial charge is 0.327 e. The Balaban J connectivity index is 2.26. The molecule has 1 aliphatic carbocycles. The fourth-order valence-electron chi connectivity index (χ4n) is 1.09. The zero-order chi connectivity index (χ0) is 8.01. The molecule has 1 saturated carbocycles. The second kappa shape index (κ2) is 2.83. The first-order valence-corrected chi connectivity index (χ1v) is 5.79. The number of hydrogen-bond acceptors (Lipinski definition) is 2. The average molecular weight is 297 g/mol. The molecule has 4 heteroatoms. The van der Waals surface area contributed by atoms with Crippen molar-refractivity contribution < 1.29 is 0 Å². The fourth-order valence-corrected chi connectivity index (χ4v) is 3.37. The van der Waals surface area contributed by atoms with Crippen molar-refractivity contribution in [2.75, 3.05) is 0 Å². The Kier molecular flexibility index (Phi) is 2.12. The normalized spacial score (nSPS) is 29.0. The summed E-state index contributed by atoms with van der Waals surface area (Å²) in [7, 11) is 0. The number of halogens is 2. The Labute approximate surface area is 86.2 Å². The van der Waals surface area contributed by atoms with E-state index in [0.717, 1.165) is 10.9 Å². The summed E-state index contributed by atoms with van der Waals surface area (Å²) in [6.45, 7) is 0. The summed E-state index contributed by atoms with van der Waals surface area (Å²) < 4.78 is 2.32. The van der Waals surface area contributed by atoms with Gasteiger partial charge in [-0.15, -0.1) is 11.3 Å². The highest BCUT2D eigenvalue weighted by Crippen LogP contribution is 2.45. The minimum Gasteiger partial charge on any atom is -0.327 e. The van der Waals surface area contributed by atoms with Gasteiger partial charge in [0, 0.05) is 21.3 Å². The van der Waals surface area contributed by atoms with Crippen molar-refractivity contribution in [2.24, 2.45) is 5.73 Å². The highest BCUT2D eigenvalue weighted by atomic mass is 79.9. The van der Waals surface area contributed by atoms with E-state index in [2.05, 4.69) is 37.9 Å². The Hall–Kier alpha value is 0.620. The van der Waals surface area contributed by atoms with Crippen LogP contribution in [0, 0.1) is 0 Å². The predicted octanol–water partition coefficient (Wildman–Crippen LogP) is 3.09. The monoisotopic (exact) mass is 295 g/mol. The first kappa shape index (κ1) is 8.23. The zero-order valence-electron chi connectivity index (χ0n) is 5.68. The van der Waals surface area contributed by atoms with E-state index in [1.54, 1.807) is 11.3 Å². The van der Waals surface area contributed by atoms with Crippen LogP contribution in [0.2, 0.25) is 0 Å². The molecular weight excluding hydrogens is 290 g/mol. The molecule has 1 heterocycles. The van der Waals surface area contributed by atoms with Gasteiger partial charge in [0.2, 0.25) is 0 Å². The van der Waals surface area contributed by atoms with Gasteiger partial charge in [0.15, 0.2) is 0 Å². The highest BCUT2D eigenvalue weighted by molar-refractivity contribution is 9.13. The molecule has 0 aliphatic heterocycles. The molecule has 0 amide bonds. The molecule has 2 unspecified atom stereocenters. The van der Waals surface area contributed by atoms with Gasteiger partial charge in [0.05, 0.1) is 3.79 Å². The SMILES string of the molecule is NC1CC1c1cc(Br)c(Br)s1. The fraction of sp³-hybridized carbons (Fsp3) is 0.429. The second-order valence-electron chi connectivity index (χ2n) is 2.78. The Bertz CT molecular complexity index is 264. The van der Waals surface area contributed by atoms with Crippen LogP contribution < -0.4 is 5.73 Å². The highest BCUT2D eigenvalue weighted by Gasteiger charge is 2.36. The number of rotatable bonds is 1. The van der Waals surface area contributed by atoms with Crippen molar-refractivity contribution in [1.82, 2.24) is 0 Å². The molecule has 0 aromatic carbocycles. The molecule has 2 N–H and O–H groups in total. The molecule has 0 spiro atoms. The van der Waals surface area contributed by atoms with Gasteiger partial charge in [-0.1, -0.05) is 0 Å². The third kappa shape index (κ3) is 1.54. The molecule has 1 nitrogen and oxygen atoms in total. The van der Waals surface area contributed by atoms with Crippen LogP contribution in [0.1, 0.15) is 17.2 Å². The molecule has 0 saturated heterocycles. The van der Waals surface area contributed by atoms with Crippen LogP contribution >= 0.6 is 43.2 Å². The van der Waals surface area contributed by atoms with E-state index in [-0.39, 0.29) is 0 Å². The van der Waals surface area contributed by atoms with Crippen molar-refractivity contribution in [3.63, 3.8) is 0 Å². The first-order valence-electron chi connectivity index (χ1n) is 3.39. The molecule has 1 aromatic rings. The summed E-state index contributed by atoms with van der Waals surface area (Å²) in [5.41, 5.74) is 5.73. The Morgan fingerprint density at radius 1 is 1.55 bits per heavy atom. The number of thiophene rings is 1. The maximum absolute atomic E-state index is 5.73. The van der Waals surface area contributed by atoms with Crippen LogP contribution in [0.5, 0.6) is 0 Å². The molecule has 11 heavy (non-hydrogen) atoms. The lowest BCUT2D eigenvalue weighted by Gasteiger charge is -1.86. The smallest absolute Gasteiger partial charge is 0.0843 e. The van der Waals surface area contributed by atoms with Crippen LogP contribution in [0.4, 0.5) is 0 Å². The minimum atomic E-state index is 0.410. The van der Waals surface area contributed by atoms with E-state index in [4.69, 9.17) is 5.73 Å². The van der Waals surface area contributed by atoms with Crippen molar-refractivity contribution in [3.05, 3.63) is 19.2 Å². The van der Waals surface area contributed by atoms with Gasteiger partial charge in [-0.3, -0.25) is 0 Å². The van der Waals surface area contributed by atoms with Gasteiger partial charge in [-0.2, -0.15) is 0 Å². The average Bonchev–Trinajstić information content (AvgIpc) is 2.56. The third-order valence-corrected chi connectivity index (χ3v) is 5.26. The number of hydrogen-bond donors (Lipinski definition) is 1. The van der Waals surface area contributed by atoms with Crippen LogP contribution in [0.15, 0.2) is 14.3 Å². The third-order valence-electron chi connectivity index (χ3n) is 1.87. The lowest BCUT2D eigenvalue weighted by molar-refractivity contribution is 1.01. The summed E-state index contributed by atoms with van der Waals surface area (Å²) in [5, 5.41) is 0. The van der Waals surface area contributed by atoms with Gasteiger partial charge in [-0.05, 0) is 44.3 Å². The molecular formula is C7H7Br2NS. The summed E-state index contributed by atoms with van der Waals surface area (Å²) in [5.74, 6) is 0.627. The number of nitrogens with two attached hydrogens (primary N) is 1. The molecule has 0 bridgehead atoms. The van der Waals surface area contributed by atoms with Gasteiger partial charge < -0.3 is 5.73 Å². The van der Waals surface area contributed by atoms with Gasteiger partial charge in [0.1, 0.15) is 0 Å². The Morgan fingerprint density at radius 2 is 2.18 bits per heavy atom. The molecule has 0 radical (unpaired) electrons. The van der Waals surface area contributed by atoms with E-state index in [9.17, 15) is 0 Å². The lowest BCUT2D eigenvalue weighted by Crippen LogP contribution is -1.99. The second-order valence-corrected chi connectivity index (χ2v) is 6.03. The van der Waals surface area contributed by atoms with E-state index in [1.807, 2.05) is 0 Å². The maximum atomic E-state index is 5.73. The topological polar surface area (TPSA) is 26.0 Å². The van der Waals surface area contributed by atoms with Gasteiger partial charge in [-0.25, -0.2) is 0 Å². The molecule has 1 aromatic heterocycles. The molecule has 1 fully saturated rings. The quantitative estimate of drug-likeness (QED) is 0.847. The van der Waals surface area contributed by atoms with Crippen LogP contribution in [0.3, 0.4) is 0 Å². The van der Waals surface area contributed by atoms with Crippen LogP contribution in [-0.2, 0) is 0 Å². The lowest BCUT2D eigenvalue weighted by atomic mass is 10.3. The summed E-state index contributed by atoms with van der Waals surface area (Å²) in [6.07, 6.45) is 1.15. The van der Waals surface area contributed by atoms with E-state index in [0.29, 0.717) is 12.0 Å². The summed E-state index contributed by atoms with van der Waals surface area (Å²) in [6, 6.07) is 2.57. The summed E-state index contributed by atoms with van der Waals surface area (Å²) in [4.78, 5) is 1.40. The van der Waals surface area contributed by atoms with Crippen molar-refractivity contribution in [1.29, 1.82) is 0 Å². The maximum Gasteiger partial charge on any atom is 0.0843 e. The van der Waals surface area contributed by atoms with Crippen molar-refractivity contribution in [2.45, 2.75) is 18.4 Å². The molecule has 2 atom stereocenters. The van der Waals surface area contributed by atoms with E-state index >= 15 is 0 Å². The predicted molar refractivity (Wildman–Crippen MR) is 55.1 cm³/mol. The molecule has 1 aliphatic rings. The van der Waals surface area contributed by atoms with Gasteiger partial charge >= 0.3 is 0 Å². The van der Waals surface area contributed by atoms with Gasteiger partial charge in [0.25, 0.3) is 0 Å². The van der Waals surface area contributed by atoms with E-state index < -0.39 is 0 Å². The van der Waals surface area contributed by atoms with E-state index in [1.165, 1.54) is 8.66 Å². The first-order chi connectivity index (χ1) is 5.18. The Morgan fingerprint density at radius 3 is 2.55 bits per heavy atom. The minimum absolute atomic E-state index is 0.410. The van der Waals surface area contributed by atoms with Crippen molar-refractivity contribution >= 4 is 43.2 Å². The molecule has 60 valence electrons. The zero-order valence-corrected chi connectivity index (χ0v) is 9.67.